The second-order valence-electron chi connectivity index (χ2n) is 8.35. The number of rotatable bonds is 2. The van der Waals surface area contributed by atoms with E-state index in [2.05, 4.69) is 58.9 Å². The minimum Gasteiger partial charge on any atom is -0.368 e. The maximum Gasteiger partial charge on any atom is 0.171 e. The summed E-state index contributed by atoms with van der Waals surface area (Å²) in [5.74, 6) is 0.112. The monoisotopic (exact) mass is 430 g/mol. The summed E-state index contributed by atoms with van der Waals surface area (Å²) in [5.41, 5.74) is 6.04. The third-order valence-electron chi connectivity index (χ3n) is 6.30. The molecule has 1 unspecified atom stereocenters. The largest absolute Gasteiger partial charge is 0.368 e. The van der Waals surface area contributed by atoms with Gasteiger partial charge in [-0.25, -0.2) is 0 Å². The van der Waals surface area contributed by atoms with Gasteiger partial charge in [0.15, 0.2) is 5.78 Å². The van der Waals surface area contributed by atoms with E-state index in [0.29, 0.717) is 5.56 Å². The number of fused-ring (bicyclic) bond motifs is 5. The lowest BCUT2D eigenvalue weighted by Crippen LogP contribution is -2.37. The highest BCUT2D eigenvalue weighted by Crippen LogP contribution is 2.26. The van der Waals surface area contributed by atoms with E-state index in [-0.39, 0.29) is 11.7 Å². The van der Waals surface area contributed by atoms with Crippen molar-refractivity contribution in [2.75, 3.05) is 0 Å². The molecule has 0 saturated carbocycles. The molecule has 3 aromatic rings. The Morgan fingerprint density at radius 2 is 1.70 bits per heavy atom. The number of hydrogen-bond donors (Lipinski definition) is 1. The Hall–Kier alpha value is -3.98. The van der Waals surface area contributed by atoms with Crippen LogP contribution in [-0.4, -0.2) is 10.8 Å². The van der Waals surface area contributed by atoms with Gasteiger partial charge in [0, 0.05) is 36.3 Å². The van der Waals surface area contributed by atoms with Crippen LogP contribution in [-0.2, 0) is 12.8 Å². The molecule has 1 aliphatic heterocycles. The summed E-state index contributed by atoms with van der Waals surface area (Å²) in [6.45, 7) is 0. The minimum atomic E-state index is -0.0660. The first-order valence-electron chi connectivity index (χ1n) is 11.4. The second-order valence-corrected chi connectivity index (χ2v) is 8.35. The number of aromatic nitrogens is 1. The average Bonchev–Trinajstić information content (AvgIpc) is 3.22. The summed E-state index contributed by atoms with van der Waals surface area (Å²) in [6.07, 6.45) is 22.2. The Labute approximate surface area is 194 Å². The van der Waals surface area contributed by atoms with Crippen molar-refractivity contribution in [1.29, 1.82) is 0 Å². The van der Waals surface area contributed by atoms with Crippen molar-refractivity contribution in [2.24, 2.45) is 5.92 Å². The fourth-order valence-electron chi connectivity index (χ4n) is 4.66. The van der Waals surface area contributed by atoms with Crippen LogP contribution in [0.1, 0.15) is 27.9 Å². The van der Waals surface area contributed by atoms with Crippen molar-refractivity contribution < 1.29 is 4.79 Å². The van der Waals surface area contributed by atoms with Crippen molar-refractivity contribution in [3.05, 3.63) is 125 Å². The molecule has 2 aliphatic carbocycles. The average molecular weight is 431 g/mol. The number of hydrogen-bond acceptors (Lipinski definition) is 3. The van der Waals surface area contributed by atoms with E-state index >= 15 is 0 Å². The van der Waals surface area contributed by atoms with Crippen LogP contribution in [0.5, 0.6) is 0 Å². The normalized spacial score (nSPS) is 16.9. The zero-order chi connectivity index (χ0) is 22.5. The summed E-state index contributed by atoms with van der Waals surface area (Å²) in [6, 6.07) is 16.8. The van der Waals surface area contributed by atoms with Crippen molar-refractivity contribution in [1.82, 2.24) is 10.3 Å². The van der Waals surface area contributed by atoms with Gasteiger partial charge in [0.05, 0.1) is 0 Å². The SMILES string of the molecule is C1=CC=CNC=C1.O=C(c1cccnc1)C1C=c2c(ccc3c2=CCc2ccccc2-3)CC1. The molecule has 3 nitrogen and oxygen atoms in total. The molecule has 2 heterocycles. The highest BCUT2D eigenvalue weighted by Gasteiger charge is 2.23. The van der Waals surface area contributed by atoms with Crippen molar-refractivity contribution in [3.8, 4) is 11.1 Å². The van der Waals surface area contributed by atoms with E-state index in [4.69, 9.17) is 0 Å². The Bertz CT molecular complexity index is 1370. The Kier molecular flexibility index (Phi) is 6.12. The van der Waals surface area contributed by atoms with Crippen LogP contribution in [0, 0.1) is 5.92 Å². The lowest BCUT2D eigenvalue weighted by molar-refractivity contribution is 0.0946. The van der Waals surface area contributed by atoms with Crippen molar-refractivity contribution in [3.63, 3.8) is 0 Å². The smallest absolute Gasteiger partial charge is 0.171 e. The fourth-order valence-corrected chi connectivity index (χ4v) is 4.66. The molecule has 0 spiro atoms. The number of pyridine rings is 1. The van der Waals surface area contributed by atoms with Crippen molar-refractivity contribution >= 4 is 17.9 Å². The Balaban J connectivity index is 0.000000281. The third-order valence-corrected chi connectivity index (χ3v) is 6.30. The highest BCUT2D eigenvalue weighted by molar-refractivity contribution is 6.01. The lowest BCUT2D eigenvalue weighted by Gasteiger charge is -2.21. The topological polar surface area (TPSA) is 42.0 Å². The van der Waals surface area contributed by atoms with Gasteiger partial charge >= 0.3 is 0 Å². The number of allylic oxidation sites excluding steroid dienone is 4. The quantitative estimate of drug-likeness (QED) is 0.610. The molecule has 33 heavy (non-hydrogen) atoms. The molecule has 1 N–H and O–H groups in total. The molecule has 0 saturated heterocycles. The Morgan fingerprint density at radius 3 is 2.52 bits per heavy atom. The number of aryl methyl sites for hydroxylation is 1. The zero-order valence-electron chi connectivity index (χ0n) is 18.4. The molecule has 0 radical (unpaired) electrons. The molecule has 6 rings (SSSR count). The summed E-state index contributed by atoms with van der Waals surface area (Å²) in [7, 11) is 0. The first-order valence-corrected chi connectivity index (χ1v) is 11.4. The molecule has 3 aliphatic rings. The van der Waals surface area contributed by atoms with Gasteiger partial charge in [0.2, 0.25) is 0 Å². The van der Waals surface area contributed by atoms with Gasteiger partial charge in [-0.2, -0.15) is 0 Å². The molecule has 3 heteroatoms. The third kappa shape index (κ3) is 4.49. The number of nitrogens with zero attached hydrogens (tertiary/aromatic N) is 1. The van der Waals surface area contributed by atoms with Gasteiger partial charge in [-0.3, -0.25) is 9.78 Å². The maximum absolute atomic E-state index is 12.9. The van der Waals surface area contributed by atoms with Crippen LogP contribution in [0.25, 0.3) is 23.3 Å². The first kappa shape index (κ1) is 20.9. The molecule has 1 atom stereocenters. The van der Waals surface area contributed by atoms with E-state index in [9.17, 15) is 4.79 Å². The second kappa shape index (κ2) is 9.66. The summed E-state index contributed by atoms with van der Waals surface area (Å²) >= 11 is 0. The van der Waals surface area contributed by atoms with Crippen LogP contribution in [0.2, 0.25) is 0 Å². The molecule has 1 aromatic heterocycles. The molecule has 162 valence electrons. The maximum atomic E-state index is 12.9. The van der Waals surface area contributed by atoms with E-state index < -0.39 is 0 Å². The number of benzene rings is 2. The van der Waals surface area contributed by atoms with E-state index in [0.717, 1.165) is 19.3 Å². The lowest BCUT2D eigenvalue weighted by atomic mass is 9.82. The number of ketones is 1. The van der Waals surface area contributed by atoms with Gasteiger partial charge in [-0.15, -0.1) is 0 Å². The van der Waals surface area contributed by atoms with E-state index in [1.54, 1.807) is 12.4 Å². The van der Waals surface area contributed by atoms with Crippen molar-refractivity contribution in [2.45, 2.75) is 19.3 Å². The predicted octanol–water partition coefficient (Wildman–Crippen LogP) is 4.48. The molecular formula is C30H26N2O. The molecular weight excluding hydrogens is 404 g/mol. The summed E-state index contributed by atoms with van der Waals surface area (Å²) in [5, 5.41) is 5.47. The highest BCUT2D eigenvalue weighted by atomic mass is 16.1. The van der Waals surface area contributed by atoms with Gasteiger partial charge < -0.3 is 5.32 Å². The molecule has 0 bridgehead atoms. The van der Waals surface area contributed by atoms with Gasteiger partial charge in [0.25, 0.3) is 0 Å². The number of Topliss-reactive ketones (excluding diaryl/α,β-unsaturated/α-hetero) is 1. The van der Waals surface area contributed by atoms with Crippen LogP contribution in [0.4, 0.5) is 0 Å². The van der Waals surface area contributed by atoms with Crippen LogP contribution in [0.15, 0.2) is 97.6 Å². The first-order chi connectivity index (χ1) is 16.3. The fraction of sp³-hybridized carbons (Fsp3) is 0.133. The summed E-state index contributed by atoms with van der Waals surface area (Å²) < 4.78 is 0. The number of carbonyl (C=O) groups excluding carboxylic acids is 1. The van der Waals surface area contributed by atoms with E-state index in [1.165, 1.54) is 32.7 Å². The minimum absolute atomic E-state index is 0.0660. The van der Waals surface area contributed by atoms with Gasteiger partial charge in [0.1, 0.15) is 0 Å². The van der Waals surface area contributed by atoms with E-state index in [1.807, 2.05) is 48.8 Å². The molecule has 0 amide bonds. The van der Waals surface area contributed by atoms with Gasteiger partial charge in [-0.05, 0) is 76.2 Å². The van der Waals surface area contributed by atoms with Gasteiger partial charge in [-0.1, -0.05) is 60.7 Å². The number of carbonyl (C=O) groups is 1. The summed E-state index contributed by atoms with van der Waals surface area (Å²) in [4.78, 5) is 17.0. The Morgan fingerprint density at radius 1 is 0.848 bits per heavy atom. The predicted molar refractivity (Wildman–Crippen MR) is 135 cm³/mol. The number of nitrogens with one attached hydrogen (secondary N) is 1. The molecule has 0 fully saturated rings. The zero-order valence-corrected chi connectivity index (χ0v) is 18.4. The standard InChI is InChI=1S/C24H19NO.C6H7N/c26-24(19-5-3-13-25-15-19)18-8-7-17-10-11-21-20-6-2-1-4-16(20)9-12-22(21)23(17)14-18;1-2-4-6-7-5-3-1/h1-6,10-15,18H,7-9H2;1-7H. The van der Waals surface area contributed by atoms with Crippen LogP contribution >= 0.6 is 0 Å². The van der Waals surface area contributed by atoms with Crippen LogP contribution in [0.3, 0.4) is 0 Å². The molecule has 2 aromatic carbocycles. The van der Waals surface area contributed by atoms with Crippen LogP contribution < -0.4 is 15.8 Å².